The number of carbonyl (C=O) groups is 2. The molecule has 0 saturated heterocycles. The molecule has 1 fully saturated rings. The Morgan fingerprint density at radius 3 is 2.58 bits per heavy atom. The minimum absolute atomic E-state index is 0.0547. The predicted molar refractivity (Wildman–Crippen MR) is 77.7 cm³/mol. The molecule has 0 aromatic carbocycles. The minimum atomic E-state index is -0.583. The molecule has 1 saturated carbocycles. The van der Waals surface area contributed by atoms with E-state index in [1.165, 1.54) is 11.3 Å². The quantitative estimate of drug-likeness (QED) is 0.696. The topological polar surface area (TPSA) is 98.2 Å². The molecule has 5 nitrogen and oxygen atoms in total. The number of hydrogen-bond acceptors (Lipinski definition) is 5. The summed E-state index contributed by atoms with van der Waals surface area (Å²) in [6.07, 6.45) is 2.55. The van der Waals surface area contributed by atoms with Crippen molar-refractivity contribution in [1.29, 1.82) is 0 Å². The highest BCUT2D eigenvalue weighted by molar-refractivity contribution is 7.19. The van der Waals surface area contributed by atoms with Gasteiger partial charge >= 0.3 is 0 Å². The van der Waals surface area contributed by atoms with E-state index in [4.69, 9.17) is 11.5 Å². The van der Waals surface area contributed by atoms with Crippen molar-refractivity contribution in [2.24, 2.45) is 11.7 Å². The third-order valence-electron chi connectivity index (χ3n) is 3.53. The van der Waals surface area contributed by atoms with Gasteiger partial charge in [-0.1, -0.05) is 20.3 Å². The van der Waals surface area contributed by atoms with Crippen LogP contribution < -0.4 is 16.8 Å². The second kappa shape index (κ2) is 5.21. The first-order valence-electron chi connectivity index (χ1n) is 6.51. The number of nitrogens with one attached hydrogen (secondary N) is 1. The first-order valence-corrected chi connectivity index (χ1v) is 7.32. The summed E-state index contributed by atoms with van der Waals surface area (Å²) >= 11 is 1.24. The SMILES string of the molecule is CCC(=O)c1sc(NC2CC2CC)c(C(N)=O)c1N. The fraction of sp³-hybridized carbons (Fsp3) is 0.538. The lowest BCUT2D eigenvalue weighted by molar-refractivity contribution is 0.0991. The molecule has 1 aromatic heterocycles. The van der Waals surface area contributed by atoms with Crippen molar-refractivity contribution in [3.05, 3.63) is 10.4 Å². The third-order valence-corrected chi connectivity index (χ3v) is 4.71. The van der Waals surface area contributed by atoms with Gasteiger partial charge in [-0.2, -0.15) is 0 Å². The number of nitrogen functional groups attached to an aromatic ring is 1. The number of anilines is 2. The smallest absolute Gasteiger partial charge is 0.253 e. The van der Waals surface area contributed by atoms with Crippen LogP contribution in [0.3, 0.4) is 0 Å². The van der Waals surface area contributed by atoms with Gasteiger partial charge in [-0.25, -0.2) is 0 Å². The van der Waals surface area contributed by atoms with Crippen molar-refractivity contribution < 1.29 is 9.59 Å². The lowest BCUT2D eigenvalue weighted by Gasteiger charge is -2.04. The number of nitrogens with two attached hydrogens (primary N) is 2. The van der Waals surface area contributed by atoms with E-state index in [0.717, 1.165) is 12.8 Å². The van der Waals surface area contributed by atoms with E-state index in [1.54, 1.807) is 6.92 Å². The molecule has 2 rings (SSSR count). The van der Waals surface area contributed by atoms with E-state index >= 15 is 0 Å². The van der Waals surface area contributed by atoms with Gasteiger partial charge in [0.05, 0.1) is 16.1 Å². The average molecular weight is 281 g/mol. The summed E-state index contributed by atoms with van der Waals surface area (Å²) in [6.45, 7) is 3.91. The van der Waals surface area contributed by atoms with Crippen LogP contribution in [0.5, 0.6) is 0 Å². The molecule has 0 aliphatic heterocycles. The number of hydrogen-bond donors (Lipinski definition) is 3. The maximum atomic E-state index is 11.8. The molecule has 1 aromatic rings. The summed E-state index contributed by atoms with van der Waals surface area (Å²) < 4.78 is 0. The highest BCUT2D eigenvalue weighted by Crippen LogP contribution is 2.42. The van der Waals surface area contributed by atoms with Crippen LogP contribution in [0.4, 0.5) is 10.7 Å². The second-order valence-electron chi connectivity index (χ2n) is 4.84. The fourth-order valence-corrected chi connectivity index (χ4v) is 3.40. The summed E-state index contributed by atoms with van der Waals surface area (Å²) in [6, 6.07) is 0.366. The van der Waals surface area contributed by atoms with Gasteiger partial charge in [-0.15, -0.1) is 11.3 Å². The van der Waals surface area contributed by atoms with E-state index in [-0.39, 0.29) is 17.0 Å². The van der Waals surface area contributed by atoms with E-state index < -0.39 is 5.91 Å². The Balaban J connectivity index is 2.31. The first kappa shape index (κ1) is 13.9. The third kappa shape index (κ3) is 2.58. The molecule has 104 valence electrons. The lowest BCUT2D eigenvalue weighted by Crippen LogP contribution is -2.16. The molecule has 0 spiro atoms. The van der Waals surface area contributed by atoms with Crippen LogP contribution in [0.15, 0.2) is 0 Å². The molecular weight excluding hydrogens is 262 g/mol. The molecule has 1 heterocycles. The van der Waals surface area contributed by atoms with Gasteiger partial charge in [0.2, 0.25) is 0 Å². The van der Waals surface area contributed by atoms with Crippen LogP contribution in [0.25, 0.3) is 0 Å². The number of rotatable bonds is 6. The molecule has 0 bridgehead atoms. The van der Waals surface area contributed by atoms with E-state index in [1.807, 2.05) is 0 Å². The van der Waals surface area contributed by atoms with Gasteiger partial charge in [-0.3, -0.25) is 9.59 Å². The van der Waals surface area contributed by atoms with Gasteiger partial charge in [0.15, 0.2) is 5.78 Å². The summed E-state index contributed by atoms with van der Waals surface area (Å²) in [5.41, 5.74) is 11.8. The fourth-order valence-electron chi connectivity index (χ4n) is 2.20. The van der Waals surface area contributed by atoms with E-state index in [9.17, 15) is 9.59 Å². The van der Waals surface area contributed by atoms with Gasteiger partial charge in [0.25, 0.3) is 5.91 Å². The number of primary amides is 1. The average Bonchev–Trinajstić information content (AvgIpc) is 3.04. The van der Waals surface area contributed by atoms with E-state index in [0.29, 0.717) is 28.3 Å². The molecule has 2 unspecified atom stereocenters. The molecular formula is C13H19N3O2S. The molecule has 1 aliphatic rings. The van der Waals surface area contributed by atoms with Crippen molar-refractivity contribution in [3.8, 4) is 0 Å². The Labute approximate surface area is 116 Å². The van der Waals surface area contributed by atoms with Crippen molar-refractivity contribution in [2.75, 3.05) is 11.1 Å². The number of amides is 1. The molecule has 0 radical (unpaired) electrons. The molecule has 1 aliphatic carbocycles. The van der Waals surface area contributed by atoms with Gasteiger partial charge < -0.3 is 16.8 Å². The normalized spacial score (nSPS) is 21.2. The van der Waals surface area contributed by atoms with Crippen molar-refractivity contribution in [1.82, 2.24) is 0 Å². The Morgan fingerprint density at radius 1 is 1.42 bits per heavy atom. The Hall–Kier alpha value is -1.56. The second-order valence-corrected chi connectivity index (χ2v) is 5.87. The number of Topliss-reactive ketones (excluding diaryl/α,β-unsaturated/α-hetero) is 1. The zero-order valence-electron chi connectivity index (χ0n) is 11.2. The highest BCUT2D eigenvalue weighted by atomic mass is 32.1. The zero-order valence-corrected chi connectivity index (χ0v) is 12.0. The maximum Gasteiger partial charge on any atom is 0.253 e. The minimum Gasteiger partial charge on any atom is -0.397 e. The Kier molecular flexibility index (Phi) is 3.80. The molecule has 6 heteroatoms. The number of ketones is 1. The van der Waals surface area contributed by atoms with Gasteiger partial charge in [0.1, 0.15) is 5.00 Å². The van der Waals surface area contributed by atoms with Crippen molar-refractivity contribution in [3.63, 3.8) is 0 Å². The van der Waals surface area contributed by atoms with Crippen LogP contribution in [-0.4, -0.2) is 17.7 Å². The first-order chi connectivity index (χ1) is 8.99. The largest absolute Gasteiger partial charge is 0.397 e. The van der Waals surface area contributed by atoms with Crippen molar-refractivity contribution >= 4 is 33.7 Å². The van der Waals surface area contributed by atoms with Crippen LogP contribution in [0.1, 0.15) is 53.1 Å². The highest BCUT2D eigenvalue weighted by Gasteiger charge is 2.37. The maximum absolute atomic E-state index is 11.8. The standard InChI is InChI=1S/C13H19N3O2S/c1-3-6-5-7(6)16-13-9(12(15)18)10(14)11(19-13)8(17)4-2/h6-7,16H,3-5,14H2,1-2H3,(H2,15,18). The predicted octanol–water partition coefficient (Wildman–Crippen LogP) is 2.23. The summed E-state index contributed by atoms with van der Waals surface area (Å²) in [5, 5.41) is 3.93. The molecule has 5 N–H and O–H groups in total. The summed E-state index contributed by atoms with van der Waals surface area (Å²) in [4.78, 5) is 23.7. The van der Waals surface area contributed by atoms with Crippen LogP contribution in [-0.2, 0) is 0 Å². The molecule has 19 heavy (non-hydrogen) atoms. The lowest BCUT2D eigenvalue weighted by atomic mass is 10.1. The summed E-state index contributed by atoms with van der Waals surface area (Å²) in [5.74, 6) is -0.00429. The van der Waals surface area contributed by atoms with Crippen molar-refractivity contribution in [2.45, 2.75) is 39.2 Å². The van der Waals surface area contributed by atoms with Crippen LogP contribution in [0, 0.1) is 5.92 Å². The number of thiophene rings is 1. The molecule has 2 atom stereocenters. The zero-order chi connectivity index (χ0) is 14.2. The monoisotopic (exact) mass is 281 g/mol. The van der Waals surface area contributed by atoms with Gasteiger partial charge in [-0.05, 0) is 12.3 Å². The number of carbonyl (C=O) groups excluding carboxylic acids is 2. The Morgan fingerprint density at radius 2 is 2.11 bits per heavy atom. The van der Waals surface area contributed by atoms with E-state index in [2.05, 4.69) is 12.2 Å². The van der Waals surface area contributed by atoms with Crippen LogP contribution in [0.2, 0.25) is 0 Å². The van der Waals surface area contributed by atoms with Crippen LogP contribution >= 0.6 is 11.3 Å². The van der Waals surface area contributed by atoms with Gasteiger partial charge in [0, 0.05) is 12.5 Å². The summed E-state index contributed by atoms with van der Waals surface area (Å²) in [7, 11) is 0. The molecule has 1 amide bonds. The Bertz CT molecular complexity index is 524.